The van der Waals surface area contributed by atoms with E-state index in [1.54, 1.807) is 42.5 Å². The lowest BCUT2D eigenvalue weighted by Crippen LogP contribution is -2.50. The van der Waals surface area contributed by atoms with Gasteiger partial charge in [-0.3, -0.25) is 9.69 Å². The van der Waals surface area contributed by atoms with E-state index in [-0.39, 0.29) is 22.7 Å². The van der Waals surface area contributed by atoms with Gasteiger partial charge in [0.05, 0.1) is 4.90 Å². The smallest absolute Gasteiger partial charge is 0.253 e. The molecule has 2 aromatic rings. The lowest BCUT2D eigenvalue weighted by atomic mass is 9.98. The molecule has 3 aliphatic heterocycles. The van der Waals surface area contributed by atoms with Crippen molar-refractivity contribution in [1.29, 1.82) is 0 Å². The van der Waals surface area contributed by atoms with Crippen molar-refractivity contribution in [1.82, 2.24) is 14.1 Å². The van der Waals surface area contributed by atoms with E-state index in [9.17, 15) is 17.6 Å². The first-order valence-electron chi connectivity index (χ1n) is 13.0. The van der Waals surface area contributed by atoms with Crippen LogP contribution in [0.4, 0.5) is 4.39 Å². The fraction of sp³-hybridized carbons (Fsp3) is 0.519. The van der Waals surface area contributed by atoms with Crippen LogP contribution in [0, 0.1) is 5.82 Å². The zero-order valence-corrected chi connectivity index (χ0v) is 21.3. The Kier molecular flexibility index (Phi) is 7.60. The molecule has 0 aliphatic carbocycles. The SMILES string of the molecule is O=C(c1ccc(S(=O)(=O)N2CCCC2)cc1)N1CCC(N2CCC(Oc3ccccc3F)CC2)CC1. The molecule has 5 rings (SSSR count). The summed E-state index contributed by atoms with van der Waals surface area (Å²) in [4.78, 5) is 17.6. The minimum absolute atomic E-state index is 0.0251. The number of hydrogen-bond acceptors (Lipinski definition) is 5. The monoisotopic (exact) mass is 515 g/mol. The molecular formula is C27H34FN3O4S. The standard InChI is InChI=1S/C27H34FN3O4S/c28-25-5-1-2-6-26(25)35-23-13-19-29(20-14-23)22-11-17-30(18-12-22)27(32)21-7-9-24(10-8-21)36(33,34)31-15-3-4-16-31/h1-2,5-10,22-23H,3-4,11-20H2. The first-order valence-corrected chi connectivity index (χ1v) is 14.4. The van der Waals surface area contributed by atoms with Gasteiger partial charge in [-0.15, -0.1) is 0 Å². The molecule has 0 atom stereocenters. The molecule has 0 radical (unpaired) electrons. The number of para-hydroxylation sites is 1. The summed E-state index contributed by atoms with van der Waals surface area (Å²) in [6, 6.07) is 13.4. The van der Waals surface area contributed by atoms with E-state index < -0.39 is 10.0 Å². The van der Waals surface area contributed by atoms with Crippen molar-refractivity contribution in [3.8, 4) is 5.75 Å². The molecule has 0 bridgehead atoms. The predicted molar refractivity (Wildman–Crippen MR) is 135 cm³/mol. The minimum Gasteiger partial charge on any atom is -0.487 e. The number of benzene rings is 2. The van der Waals surface area contributed by atoms with Crippen molar-refractivity contribution >= 4 is 15.9 Å². The van der Waals surface area contributed by atoms with Gasteiger partial charge >= 0.3 is 0 Å². The molecule has 3 heterocycles. The van der Waals surface area contributed by atoms with E-state index in [1.165, 1.54) is 10.4 Å². The molecule has 3 aliphatic rings. The molecule has 9 heteroatoms. The lowest BCUT2D eigenvalue weighted by Gasteiger charge is -2.41. The van der Waals surface area contributed by atoms with E-state index in [2.05, 4.69) is 4.90 Å². The van der Waals surface area contributed by atoms with Crippen molar-refractivity contribution in [2.75, 3.05) is 39.3 Å². The number of carbonyl (C=O) groups is 1. The fourth-order valence-corrected chi connectivity index (χ4v) is 7.06. The summed E-state index contributed by atoms with van der Waals surface area (Å²) in [5.74, 6) is -0.0418. The lowest BCUT2D eigenvalue weighted by molar-refractivity contribution is 0.0416. The molecule has 7 nitrogen and oxygen atoms in total. The number of halogens is 1. The third-order valence-corrected chi connectivity index (χ3v) is 9.59. The normalized spacial score (nSPS) is 21.1. The largest absolute Gasteiger partial charge is 0.487 e. The summed E-state index contributed by atoms with van der Waals surface area (Å²) in [7, 11) is -3.47. The highest BCUT2D eigenvalue weighted by Gasteiger charge is 2.31. The van der Waals surface area contributed by atoms with Crippen LogP contribution in [-0.4, -0.2) is 79.8 Å². The molecule has 0 spiro atoms. The molecule has 36 heavy (non-hydrogen) atoms. The Hall–Kier alpha value is -2.49. The summed E-state index contributed by atoms with van der Waals surface area (Å²) < 4.78 is 46.7. The van der Waals surface area contributed by atoms with Crippen LogP contribution in [0.2, 0.25) is 0 Å². The van der Waals surface area contributed by atoms with Gasteiger partial charge in [-0.05, 0) is 74.9 Å². The van der Waals surface area contributed by atoms with Gasteiger partial charge in [0.1, 0.15) is 6.10 Å². The van der Waals surface area contributed by atoms with Gasteiger partial charge in [0.2, 0.25) is 10.0 Å². The Balaban J connectivity index is 1.10. The molecular weight excluding hydrogens is 481 g/mol. The number of nitrogens with zero attached hydrogens (tertiary/aromatic N) is 3. The zero-order valence-electron chi connectivity index (χ0n) is 20.5. The third kappa shape index (κ3) is 5.43. The Morgan fingerprint density at radius 3 is 2.11 bits per heavy atom. The van der Waals surface area contributed by atoms with Gasteiger partial charge in [-0.1, -0.05) is 12.1 Å². The maximum Gasteiger partial charge on any atom is 0.253 e. The van der Waals surface area contributed by atoms with Crippen molar-refractivity contribution in [2.45, 2.75) is 55.6 Å². The second kappa shape index (κ2) is 10.9. The third-order valence-electron chi connectivity index (χ3n) is 7.68. The number of carbonyl (C=O) groups excluding carboxylic acids is 1. The quantitative estimate of drug-likeness (QED) is 0.586. The number of rotatable bonds is 6. The Morgan fingerprint density at radius 2 is 1.47 bits per heavy atom. The van der Waals surface area contributed by atoms with Gasteiger partial charge in [-0.2, -0.15) is 4.31 Å². The van der Waals surface area contributed by atoms with Crippen molar-refractivity contribution < 1.29 is 22.3 Å². The van der Waals surface area contributed by atoms with Crippen LogP contribution in [-0.2, 0) is 10.0 Å². The van der Waals surface area contributed by atoms with Crippen LogP contribution < -0.4 is 4.74 Å². The van der Waals surface area contributed by atoms with Crippen LogP contribution >= 0.6 is 0 Å². The molecule has 3 saturated heterocycles. The number of amides is 1. The summed E-state index contributed by atoms with van der Waals surface area (Å²) in [6.07, 6.45) is 5.35. The number of ether oxygens (including phenoxy) is 1. The summed E-state index contributed by atoms with van der Waals surface area (Å²) in [5.41, 5.74) is 0.528. The molecule has 3 fully saturated rings. The van der Waals surface area contributed by atoms with Gasteiger partial charge in [0.15, 0.2) is 11.6 Å². The zero-order chi connectivity index (χ0) is 25.1. The maximum absolute atomic E-state index is 13.9. The first-order chi connectivity index (χ1) is 17.4. The van der Waals surface area contributed by atoms with Gasteiger partial charge in [0, 0.05) is 50.9 Å². The molecule has 0 N–H and O–H groups in total. The predicted octanol–water partition coefficient (Wildman–Crippen LogP) is 3.76. The van der Waals surface area contributed by atoms with Crippen LogP contribution in [0.25, 0.3) is 0 Å². The molecule has 1 amide bonds. The molecule has 0 saturated carbocycles. The second-order valence-electron chi connectivity index (χ2n) is 9.94. The highest BCUT2D eigenvalue weighted by molar-refractivity contribution is 7.89. The van der Waals surface area contributed by atoms with Crippen LogP contribution in [0.5, 0.6) is 5.75 Å². The van der Waals surface area contributed by atoms with E-state index >= 15 is 0 Å². The fourth-order valence-electron chi connectivity index (χ4n) is 5.54. The number of hydrogen-bond donors (Lipinski definition) is 0. The molecule has 0 unspecified atom stereocenters. The number of sulfonamides is 1. The Labute approximate surface area is 212 Å². The van der Waals surface area contributed by atoms with Gasteiger partial charge < -0.3 is 9.64 Å². The van der Waals surface area contributed by atoms with E-state index in [0.29, 0.717) is 43.5 Å². The highest BCUT2D eigenvalue weighted by atomic mass is 32.2. The molecule has 2 aromatic carbocycles. The average molecular weight is 516 g/mol. The summed E-state index contributed by atoms with van der Waals surface area (Å²) in [5, 5.41) is 0. The topological polar surface area (TPSA) is 70.2 Å². The van der Waals surface area contributed by atoms with Crippen molar-refractivity contribution in [3.63, 3.8) is 0 Å². The Morgan fingerprint density at radius 1 is 0.833 bits per heavy atom. The van der Waals surface area contributed by atoms with E-state index in [1.807, 2.05) is 4.90 Å². The maximum atomic E-state index is 13.9. The van der Waals surface area contributed by atoms with Crippen LogP contribution in [0.15, 0.2) is 53.4 Å². The number of likely N-dealkylation sites (tertiary alicyclic amines) is 2. The van der Waals surface area contributed by atoms with Gasteiger partial charge in [0.25, 0.3) is 5.91 Å². The summed E-state index contributed by atoms with van der Waals surface area (Å²) in [6.45, 7) is 4.31. The minimum atomic E-state index is -3.47. The molecule has 0 aromatic heterocycles. The number of piperidine rings is 2. The first kappa shape index (κ1) is 25.2. The van der Waals surface area contributed by atoms with Gasteiger partial charge in [-0.25, -0.2) is 12.8 Å². The Bertz CT molecular complexity index is 1150. The van der Waals surface area contributed by atoms with E-state index in [0.717, 1.165) is 51.6 Å². The van der Waals surface area contributed by atoms with E-state index in [4.69, 9.17) is 4.74 Å². The van der Waals surface area contributed by atoms with Crippen molar-refractivity contribution in [3.05, 3.63) is 59.9 Å². The molecule has 194 valence electrons. The van der Waals surface area contributed by atoms with Crippen LogP contribution in [0.3, 0.4) is 0 Å². The average Bonchev–Trinajstić information content (AvgIpc) is 3.47. The summed E-state index contributed by atoms with van der Waals surface area (Å²) >= 11 is 0. The van der Waals surface area contributed by atoms with Crippen molar-refractivity contribution in [2.24, 2.45) is 0 Å². The second-order valence-corrected chi connectivity index (χ2v) is 11.9. The highest BCUT2D eigenvalue weighted by Crippen LogP contribution is 2.26. The van der Waals surface area contributed by atoms with Crippen LogP contribution in [0.1, 0.15) is 48.9 Å².